The maximum Gasteiger partial charge on any atom is 0.126 e. The lowest BCUT2D eigenvalue weighted by Crippen LogP contribution is -3.10. The second-order valence-corrected chi connectivity index (χ2v) is 7.66. The van der Waals surface area contributed by atoms with Gasteiger partial charge in [-0.3, -0.25) is 0 Å². The Morgan fingerprint density at radius 1 is 1.11 bits per heavy atom. The van der Waals surface area contributed by atoms with E-state index >= 15 is 0 Å². The van der Waals surface area contributed by atoms with E-state index in [1.165, 1.54) is 43.9 Å². The Labute approximate surface area is 119 Å². The first-order valence-electron chi connectivity index (χ1n) is 7.78. The van der Waals surface area contributed by atoms with Crippen molar-refractivity contribution in [2.45, 2.75) is 32.3 Å². The van der Waals surface area contributed by atoms with E-state index in [2.05, 4.69) is 47.4 Å². The first-order valence-corrected chi connectivity index (χ1v) is 7.78. The molecule has 1 rings (SSSR count). The Bertz CT molecular complexity index is 266. The molecule has 1 fully saturated rings. The highest BCUT2D eigenvalue weighted by Crippen LogP contribution is 2.36. The second-order valence-electron chi connectivity index (χ2n) is 7.66. The molecule has 0 aromatic carbocycles. The molecule has 0 spiro atoms. The first kappa shape index (κ1) is 16.9. The summed E-state index contributed by atoms with van der Waals surface area (Å²) in [6.07, 6.45) is 2.41. The van der Waals surface area contributed by atoms with Crippen LogP contribution in [0.1, 0.15) is 26.7 Å². The van der Waals surface area contributed by atoms with Gasteiger partial charge >= 0.3 is 0 Å². The molecule has 4 heteroatoms. The smallest absolute Gasteiger partial charge is 0.126 e. The predicted molar refractivity (Wildman–Crippen MR) is 78.7 cm³/mol. The Hall–Kier alpha value is -0.160. The molecule has 0 amide bonds. The lowest BCUT2D eigenvalue weighted by molar-refractivity contribution is -0.881. The molecule has 114 valence electrons. The van der Waals surface area contributed by atoms with Gasteiger partial charge in [0.05, 0.1) is 52.3 Å². The van der Waals surface area contributed by atoms with Crippen molar-refractivity contribution < 1.29 is 19.9 Å². The van der Waals surface area contributed by atoms with E-state index in [0.29, 0.717) is 5.41 Å². The number of quaternary nitrogens is 3. The summed E-state index contributed by atoms with van der Waals surface area (Å²) in [7, 11) is 9.00. The highest BCUT2D eigenvalue weighted by atomic mass is 16.5. The summed E-state index contributed by atoms with van der Waals surface area (Å²) in [4.78, 5) is 3.10. The van der Waals surface area contributed by atoms with Crippen molar-refractivity contribution in [2.24, 2.45) is 5.41 Å². The average Bonchev–Trinajstić information content (AvgIpc) is 2.21. The topological polar surface area (TPSA) is 34.7 Å². The number of hydrogen-bond donors (Lipinski definition) is 3. The zero-order chi connectivity index (χ0) is 14.5. The Morgan fingerprint density at radius 2 is 1.79 bits per heavy atom. The fourth-order valence-corrected chi connectivity index (χ4v) is 3.53. The van der Waals surface area contributed by atoms with Gasteiger partial charge in [-0.1, -0.05) is 0 Å². The molecule has 1 saturated heterocycles. The SMILES string of the molecule is C[NH+](C)CC[NH2+]C[C@]1(C[NH+](C)C)CCOC(C)(C)C1. The van der Waals surface area contributed by atoms with E-state index in [1.807, 2.05) is 0 Å². The van der Waals surface area contributed by atoms with Crippen molar-refractivity contribution in [2.75, 3.05) is 61.0 Å². The standard InChI is InChI=1S/C15H33N3O/c1-14(2)11-15(7-10-19-14,13-18(5)6)12-16-8-9-17(3)4/h16H,7-13H2,1-6H3/p+3/t15-/m0/s1. The fraction of sp³-hybridized carbons (Fsp3) is 1.00. The lowest BCUT2D eigenvalue weighted by Gasteiger charge is -2.43. The zero-order valence-electron chi connectivity index (χ0n) is 13.9. The molecule has 1 aliphatic rings. The molecule has 0 saturated carbocycles. The minimum Gasteiger partial charge on any atom is -0.376 e. The summed E-state index contributed by atoms with van der Waals surface area (Å²) < 4.78 is 5.92. The molecular weight excluding hydrogens is 238 g/mol. The number of nitrogens with two attached hydrogens (primary N) is 1. The van der Waals surface area contributed by atoms with Gasteiger partial charge in [0.2, 0.25) is 0 Å². The third kappa shape index (κ3) is 6.21. The maximum absolute atomic E-state index is 5.92. The van der Waals surface area contributed by atoms with Gasteiger partial charge in [0, 0.05) is 6.61 Å². The van der Waals surface area contributed by atoms with Crippen LogP contribution < -0.4 is 15.1 Å². The van der Waals surface area contributed by atoms with Crippen LogP contribution in [0.15, 0.2) is 0 Å². The van der Waals surface area contributed by atoms with Crippen LogP contribution >= 0.6 is 0 Å². The molecular formula is C15H36N3O+3. The van der Waals surface area contributed by atoms with Crippen molar-refractivity contribution in [3.63, 3.8) is 0 Å². The summed E-state index contributed by atoms with van der Waals surface area (Å²) in [5, 5.41) is 2.53. The monoisotopic (exact) mass is 274 g/mol. The summed E-state index contributed by atoms with van der Waals surface area (Å²) in [5.74, 6) is 0. The minimum absolute atomic E-state index is 0.0499. The van der Waals surface area contributed by atoms with Crippen LogP contribution in [0.2, 0.25) is 0 Å². The maximum atomic E-state index is 5.92. The molecule has 4 N–H and O–H groups in total. The summed E-state index contributed by atoms with van der Waals surface area (Å²) in [5.41, 5.74) is 0.497. The van der Waals surface area contributed by atoms with Crippen LogP contribution in [-0.2, 0) is 4.74 Å². The number of nitrogens with one attached hydrogen (secondary N) is 2. The van der Waals surface area contributed by atoms with Crippen molar-refractivity contribution in [3.8, 4) is 0 Å². The zero-order valence-corrected chi connectivity index (χ0v) is 13.9. The molecule has 1 heterocycles. The van der Waals surface area contributed by atoms with E-state index in [0.717, 1.165) is 6.61 Å². The highest BCUT2D eigenvalue weighted by Gasteiger charge is 2.44. The van der Waals surface area contributed by atoms with Gasteiger partial charge in [-0.15, -0.1) is 0 Å². The van der Waals surface area contributed by atoms with Gasteiger partial charge in [-0.25, -0.2) is 0 Å². The molecule has 0 aromatic heterocycles. The van der Waals surface area contributed by atoms with E-state index in [-0.39, 0.29) is 5.60 Å². The lowest BCUT2D eigenvalue weighted by atomic mass is 9.73. The normalized spacial score (nSPS) is 27.2. The molecule has 0 bridgehead atoms. The fourth-order valence-electron chi connectivity index (χ4n) is 3.53. The number of ether oxygens (including phenoxy) is 1. The third-order valence-corrected chi connectivity index (χ3v) is 4.08. The van der Waals surface area contributed by atoms with E-state index in [4.69, 9.17) is 4.74 Å². The van der Waals surface area contributed by atoms with Crippen LogP contribution in [0.3, 0.4) is 0 Å². The molecule has 1 atom stereocenters. The molecule has 0 aromatic rings. The van der Waals surface area contributed by atoms with Gasteiger partial charge in [-0.2, -0.15) is 0 Å². The Morgan fingerprint density at radius 3 is 2.32 bits per heavy atom. The Kier molecular flexibility index (Phi) is 6.24. The van der Waals surface area contributed by atoms with Gasteiger partial charge in [0.1, 0.15) is 13.1 Å². The van der Waals surface area contributed by atoms with Crippen LogP contribution in [0.25, 0.3) is 0 Å². The first-order chi connectivity index (χ1) is 8.75. The summed E-state index contributed by atoms with van der Waals surface area (Å²) in [6, 6.07) is 0. The van der Waals surface area contributed by atoms with Crippen molar-refractivity contribution in [1.29, 1.82) is 0 Å². The molecule has 4 nitrogen and oxygen atoms in total. The Balaban J connectivity index is 2.55. The number of rotatable bonds is 7. The van der Waals surface area contributed by atoms with Crippen molar-refractivity contribution >= 4 is 0 Å². The number of likely N-dealkylation sites (N-methyl/N-ethyl adjacent to an activating group) is 1. The van der Waals surface area contributed by atoms with Crippen LogP contribution in [0, 0.1) is 5.41 Å². The summed E-state index contributed by atoms with van der Waals surface area (Å²) >= 11 is 0. The average molecular weight is 274 g/mol. The van der Waals surface area contributed by atoms with E-state index < -0.39 is 0 Å². The predicted octanol–water partition coefficient (Wildman–Crippen LogP) is -2.59. The molecule has 19 heavy (non-hydrogen) atoms. The van der Waals surface area contributed by atoms with Crippen molar-refractivity contribution in [3.05, 3.63) is 0 Å². The highest BCUT2D eigenvalue weighted by molar-refractivity contribution is 4.89. The summed E-state index contributed by atoms with van der Waals surface area (Å²) in [6.45, 7) is 10.4. The number of hydrogen-bond acceptors (Lipinski definition) is 1. The van der Waals surface area contributed by atoms with Gasteiger partial charge in [0.25, 0.3) is 0 Å². The molecule has 0 radical (unpaired) electrons. The van der Waals surface area contributed by atoms with E-state index in [9.17, 15) is 0 Å². The molecule has 0 unspecified atom stereocenters. The second kappa shape index (κ2) is 7.02. The van der Waals surface area contributed by atoms with Crippen LogP contribution in [0.4, 0.5) is 0 Å². The van der Waals surface area contributed by atoms with Crippen molar-refractivity contribution in [1.82, 2.24) is 0 Å². The van der Waals surface area contributed by atoms with E-state index in [1.54, 1.807) is 4.90 Å². The van der Waals surface area contributed by atoms with Gasteiger partial charge in [-0.05, 0) is 26.7 Å². The quantitative estimate of drug-likeness (QED) is 0.438. The van der Waals surface area contributed by atoms with Crippen LogP contribution in [0.5, 0.6) is 0 Å². The molecule has 1 aliphatic heterocycles. The largest absolute Gasteiger partial charge is 0.376 e. The third-order valence-electron chi connectivity index (χ3n) is 4.08. The van der Waals surface area contributed by atoms with Gasteiger partial charge < -0.3 is 19.9 Å². The minimum atomic E-state index is 0.0499. The van der Waals surface area contributed by atoms with Crippen LogP contribution in [-0.4, -0.2) is 66.6 Å². The molecule has 0 aliphatic carbocycles. The van der Waals surface area contributed by atoms with Gasteiger partial charge in [0.15, 0.2) is 0 Å².